The summed E-state index contributed by atoms with van der Waals surface area (Å²) in [6.45, 7) is 1.04. The molecule has 0 radical (unpaired) electrons. The van der Waals surface area contributed by atoms with Crippen molar-refractivity contribution in [2.45, 2.75) is 5.92 Å². The van der Waals surface area contributed by atoms with Gasteiger partial charge in [-0.2, -0.15) is 0 Å². The number of hydrogen-bond acceptors (Lipinski definition) is 5. The first-order chi connectivity index (χ1) is 13.6. The second-order valence-electron chi connectivity index (χ2n) is 7.56. The van der Waals surface area contributed by atoms with E-state index in [1.807, 2.05) is 24.3 Å². The minimum atomic E-state index is -0.554. The smallest absolute Gasteiger partial charge is 0.289 e. The molecule has 2 aliphatic heterocycles. The fourth-order valence-corrected chi connectivity index (χ4v) is 4.39. The highest BCUT2D eigenvalue weighted by Crippen LogP contribution is 2.49. The van der Waals surface area contributed by atoms with Crippen molar-refractivity contribution < 1.29 is 19.1 Å². The number of benzene rings is 2. The molecule has 0 unspecified atom stereocenters. The Labute approximate surface area is 161 Å². The van der Waals surface area contributed by atoms with Crippen LogP contribution < -0.4 is 10.2 Å². The zero-order valence-electron chi connectivity index (χ0n) is 15.1. The Morgan fingerprint density at radius 2 is 1.96 bits per heavy atom. The molecule has 2 aliphatic rings. The molecule has 1 saturated heterocycles. The van der Waals surface area contributed by atoms with Crippen LogP contribution in [0.2, 0.25) is 0 Å². The number of amides is 1. The zero-order chi connectivity index (χ0) is 19.3. The minimum Gasteiger partial charge on any atom is -0.493 e. The van der Waals surface area contributed by atoms with Gasteiger partial charge in [0.05, 0.1) is 24.0 Å². The molecular formula is C22H19NO5. The quantitative estimate of drug-likeness (QED) is 0.742. The van der Waals surface area contributed by atoms with Gasteiger partial charge in [-0.25, -0.2) is 0 Å². The standard InChI is InChI=1S/C22H19NO5/c24-12-22-11-23(10-16(22)14-5-1-3-7-18(14)27-13-22)21(26)20-9-17(25)15-6-2-4-8-19(15)28-20/h1-9,16,24H,10-13H2/t16-,22-/m0/s1. The van der Waals surface area contributed by atoms with E-state index in [9.17, 15) is 14.7 Å². The van der Waals surface area contributed by atoms with Gasteiger partial charge in [0.1, 0.15) is 11.3 Å². The number of ether oxygens (including phenoxy) is 1. The highest BCUT2D eigenvalue weighted by molar-refractivity contribution is 5.93. The molecule has 1 amide bonds. The second-order valence-corrected chi connectivity index (χ2v) is 7.56. The first-order valence-corrected chi connectivity index (χ1v) is 9.26. The van der Waals surface area contributed by atoms with E-state index in [2.05, 4.69) is 0 Å². The van der Waals surface area contributed by atoms with Gasteiger partial charge in [-0.05, 0) is 23.8 Å². The summed E-state index contributed by atoms with van der Waals surface area (Å²) in [7, 11) is 0. The Kier molecular flexibility index (Phi) is 3.77. The van der Waals surface area contributed by atoms with Crippen molar-refractivity contribution in [1.82, 2.24) is 4.90 Å². The number of rotatable bonds is 2. The number of hydrogen-bond donors (Lipinski definition) is 1. The van der Waals surface area contributed by atoms with Crippen LogP contribution in [0.4, 0.5) is 0 Å². The molecule has 0 aliphatic carbocycles. The Hall–Kier alpha value is -3.12. The van der Waals surface area contributed by atoms with Gasteiger partial charge < -0.3 is 19.2 Å². The molecule has 1 fully saturated rings. The van der Waals surface area contributed by atoms with Crippen LogP contribution in [-0.2, 0) is 0 Å². The summed E-state index contributed by atoms with van der Waals surface area (Å²) in [6, 6.07) is 15.9. The van der Waals surface area contributed by atoms with Crippen LogP contribution in [0.3, 0.4) is 0 Å². The number of likely N-dealkylation sites (tertiary alicyclic amines) is 1. The lowest BCUT2D eigenvalue weighted by molar-refractivity contribution is 0.0434. The van der Waals surface area contributed by atoms with Gasteiger partial charge in [0.15, 0.2) is 11.2 Å². The molecule has 2 aromatic carbocycles. The number of nitrogens with zero attached hydrogens (tertiary/aromatic N) is 1. The van der Waals surface area contributed by atoms with Crippen LogP contribution in [0.25, 0.3) is 11.0 Å². The van der Waals surface area contributed by atoms with E-state index < -0.39 is 5.41 Å². The normalized spacial score (nSPS) is 23.2. The molecule has 1 aromatic heterocycles. The highest BCUT2D eigenvalue weighted by Gasteiger charge is 2.52. The first-order valence-electron chi connectivity index (χ1n) is 9.26. The summed E-state index contributed by atoms with van der Waals surface area (Å²) in [6.07, 6.45) is 0. The molecule has 0 saturated carbocycles. The number of para-hydroxylation sites is 2. The van der Waals surface area contributed by atoms with Gasteiger partial charge in [-0.15, -0.1) is 0 Å². The van der Waals surface area contributed by atoms with Crippen LogP contribution in [0.5, 0.6) is 5.75 Å². The topological polar surface area (TPSA) is 80.0 Å². The molecule has 142 valence electrons. The lowest BCUT2D eigenvalue weighted by atomic mass is 9.74. The van der Waals surface area contributed by atoms with Gasteiger partial charge in [0.25, 0.3) is 5.91 Å². The molecule has 0 bridgehead atoms. The number of fused-ring (bicyclic) bond motifs is 4. The lowest BCUT2D eigenvalue weighted by Crippen LogP contribution is -2.42. The molecule has 1 N–H and O–H groups in total. The summed E-state index contributed by atoms with van der Waals surface area (Å²) in [5.41, 5.74) is 0.590. The molecule has 5 rings (SSSR count). The van der Waals surface area contributed by atoms with E-state index in [1.165, 1.54) is 6.07 Å². The van der Waals surface area contributed by atoms with E-state index in [4.69, 9.17) is 9.15 Å². The monoisotopic (exact) mass is 377 g/mol. The molecule has 3 heterocycles. The average Bonchev–Trinajstić information content (AvgIpc) is 3.14. The number of carbonyl (C=O) groups is 1. The summed E-state index contributed by atoms with van der Waals surface area (Å²) >= 11 is 0. The highest BCUT2D eigenvalue weighted by atomic mass is 16.5. The van der Waals surface area contributed by atoms with Crippen molar-refractivity contribution >= 4 is 16.9 Å². The Morgan fingerprint density at radius 3 is 2.82 bits per heavy atom. The molecule has 0 spiro atoms. The minimum absolute atomic E-state index is 0.0182. The Bertz CT molecular complexity index is 1140. The molecular weight excluding hydrogens is 358 g/mol. The van der Waals surface area contributed by atoms with Crippen LogP contribution in [0.1, 0.15) is 22.0 Å². The summed E-state index contributed by atoms with van der Waals surface area (Å²) < 4.78 is 11.6. The Balaban J connectivity index is 1.52. The van der Waals surface area contributed by atoms with Gasteiger partial charge >= 0.3 is 0 Å². The lowest BCUT2D eigenvalue weighted by Gasteiger charge is -2.37. The van der Waals surface area contributed by atoms with E-state index in [-0.39, 0.29) is 29.6 Å². The van der Waals surface area contributed by atoms with Gasteiger partial charge in [-0.3, -0.25) is 9.59 Å². The van der Waals surface area contributed by atoms with E-state index >= 15 is 0 Å². The maximum atomic E-state index is 13.1. The predicted octanol–water partition coefficient (Wildman–Crippen LogP) is 2.40. The molecule has 3 aromatic rings. The van der Waals surface area contributed by atoms with Crippen molar-refractivity contribution in [1.29, 1.82) is 0 Å². The third-order valence-electron chi connectivity index (χ3n) is 5.90. The largest absolute Gasteiger partial charge is 0.493 e. The van der Waals surface area contributed by atoms with Crippen LogP contribution in [0.15, 0.2) is 63.8 Å². The number of carbonyl (C=O) groups excluding carboxylic acids is 1. The molecule has 6 nitrogen and oxygen atoms in total. The number of aliphatic hydroxyl groups excluding tert-OH is 1. The molecule has 2 atom stereocenters. The summed E-state index contributed by atoms with van der Waals surface area (Å²) in [4.78, 5) is 27.1. The van der Waals surface area contributed by atoms with Crippen molar-refractivity contribution in [2.75, 3.05) is 26.3 Å². The third kappa shape index (κ3) is 2.45. The van der Waals surface area contributed by atoms with Crippen molar-refractivity contribution in [3.05, 3.63) is 76.1 Å². The van der Waals surface area contributed by atoms with E-state index in [0.717, 1.165) is 11.3 Å². The van der Waals surface area contributed by atoms with Crippen molar-refractivity contribution in [2.24, 2.45) is 5.41 Å². The van der Waals surface area contributed by atoms with Gasteiger partial charge in [0, 0.05) is 25.1 Å². The van der Waals surface area contributed by atoms with Crippen LogP contribution in [-0.4, -0.2) is 42.2 Å². The predicted molar refractivity (Wildman–Crippen MR) is 103 cm³/mol. The summed E-state index contributed by atoms with van der Waals surface area (Å²) in [5, 5.41) is 10.6. The van der Waals surface area contributed by atoms with Crippen LogP contribution >= 0.6 is 0 Å². The van der Waals surface area contributed by atoms with Gasteiger partial charge in [-0.1, -0.05) is 30.3 Å². The SMILES string of the molecule is O=C(c1cc(=O)c2ccccc2o1)N1C[C@H]2c3ccccc3OC[C@@]2(CO)C1. The first kappa shape index (κ1) is 17.0. The summed E-state index contributed by atoms with van der Waals surface area (Å²) in [5.74, 6) is 0.439. The van der Waals surface area contributed by atoms with Gasteiger partial charge in [0.2, 0.25) is 0 Å². The second kappa shape index (κ2) is 6.21. The maximum Gasteiger partial charge on any atom is 0.289 e. The third-order valence-corrected chi connectivity index (χ3v) is 5.90. The zero-order valence-corrected chi connectivity index (χ0v) is 15.1. The Morgan fingerprint density at radius 1 is 1.18 bits per heavy atom. The van der Waals surface area contributed by atoms with Crippen molar-refractivity contribution in [3.63, 3.8) is 0 Å². The fourth-order valence-electron chi connectivity index (χ4n) is 4.39. The molecule has 28 heavy (non-hydrogen) atoms. The number of aliphatic hydroxyl groups is 1. The van der Waals surface area contributed by atoms with Crippen LogP contribution in [0, 0.1) is 5.41 Å². The van der Waals surface area contributed by atoms with E-state index in [1.54, 1.807) is 29.2 Å². The molecule has 6 heteroatoms. The van der Waals surface area contributed by atoms with E-state index in [0.29, 0.717) is 30.7 Å². The van der Waals surface area contributed by atoms with Crippen molar-refractivity contribution in [3.8, 4) is 5.75 Å². The fraction of sp³-hybridized carbons (Fsp3) is 0.273. The maximum absolute atomic E-state index is 13.1. The average molecular weight is 377 g/mol.